The van der Waals surface area contributed by atoms with Gasteiger partial charge in [0, 0.05) is 13.0 Å². The van der Waals surface area contributed by atoms with Crippen LogP contribution < -0.4 is 0 Å². The van der Waals surface area contributed by atoms with Crippen molar-refractivity contribution in [1.82, 2.24) is 4.90 Å². The molecule has 1 unspecified atom stereocenters. The van der Waals surface area contributed by atoms with Gasteiger partial charge in [0.05, 0.1) is 0 Å². The third-order valence-electron chi connectivity index (χ3n) is 4.37. The predicted octanol–water partition coefficient (Wildman–Crippen LogP) is 2.18. The highest BCUT2D eigenvalue weighted by Gasteiger charge is 2.48. The van der Waals surface area contributed by atoms with Gasteiger partial charge < -0.3 is 15.1 Å². The minimum absolute atomic E-state index is 0.153. The van der Waals surface area contributed by atoms with E-state index in [9.17, 15) is 19.8 Å². The molecule has 1 aliphatic rings. The standard InChI is InChI=1S/C16H21NO4/c1-2-16(15(20)21)10-5-11-17(16)14(19)9-8-12-6-3-4-7-13(12)18/h3-4,6-7,18H,2,5,8-11H2,1H3,(H,20,21). The van der Waals surface area contributed by atoms with Crippen LogP contribution in [0.25, 0.3) is 0 Å². The van der Waals surface area contributed by atoms with Crippen LogP contribution >= 0.6 is 0 Å². The van der Waals surface area contributed by atoms with Gasteiger partial charge in [-0.05, 0) is 37.3 Å². The van der Waals surface area contributed by atoms with Gasteiger partial charge in [0.2, 0.25) is 5.91 Å². The number of amides is 1. The van der Waals surface area contributed by atoms with Crippen LogP contribution in [0.5, 0.6) is 5.75 Å². The molecule has 1 saturated heterocycles. The second kappa shape index (κ2) is 6.16. The number of benzene rings is 1. The summed E-state index contributed by atoms with van der Waals surface area (Å²) in [6.07, 6.45) is 2.29. The predicted molar refractivity (Wildman–Crippen MR) is 78.0 cm³/mol. The Balaban J connectivity index is 2.06. The number of aliphatic carboxylic acids is 1. The van der Waals surface area contributed by atoms with E-state index in [0.29, 0.717) is 31.4 Å². The van der Waals surface area contributed by atoms with Gasteiger partial charge in [-0.2, -0.15) is 0 Å². The Morgan fingerprint density at radius 3 is 2.67 bits per heavy atom. The van der Waals surface area contributed by atoms with E-state index in [1.54, 1.807) is 18.2 Å². The molecule has 0 aliphatic carbocycles. The van der Waals surface area contributed by atoms with Crippen LogP contribution in [0.2, 0.25) is 0 Å². The average Bonchev–Trinajstić information content (AvgIpc) is 2.91. The Morgan fingerprint density at radius 2 is 2.05 bits per heavy atom. The molecular formula is C16H21NO4. The summed E-state index contributed by atoms with van der Waals surface area (Å²) in [5, 5.41) is 19.2. The number of hydrogen-bond donors (Lipinski definition) is 2. The topological polar surface area (TPSA) is 77.8 Å². The van der Waals surface area contributed by atoms with E-state index >= 15 is 0 Å². The number of likely N-dealkylation sites (tertiary alicyclic amines) is 1. The molecule has 1 atom stereocenters. The van der Waals surface area contributed by atoms with Gasteiger partial charge in [0.25, 0.3) is 0 Å². The summed E-state index contributed by atoms with van der Waals surface area (Å²) >= 11 is 0. The normalized spacial score (nSPS) is 21.5. The number of carbonyl (C=O) groups is 2. The first-order valence-corrected chi connectivity index (χ1v) is 7.32. The maximum absolute atomic E-state index is 12.4. The third-order valence-corrected chi connectivity index (χ3v) is 4.37. The molecule has 1 fully saturated rings. The Labute approximate surface area is 124 Å². The Morgan fingerprint density at radius 1 is 1.33 bits per heavy atom. The van der Waals surface area contributed by atoms with Crippen LogP contribution in [0, 0.1) is 0 Å². The fourth-order valence-electron chi connectivity index (χ4n) is 3.08. The number of hydrogen-bond acceptors (Lipinski definition) is 3. The molecule has 2 rings (SSSR count). The maximum atomic E-state index is 12.4. The number of nitrogens with zero attached hydrogens (tertiary/aromatic N) is 1. The second-order valence-electron chi connectivity index (χ2n) is 5.47. The molecule has 1 aromatic rings. The monoisotopic (exact) mass is 291 g/mol. The molecule has 5 nitrogen and oxygen atoms in total. The highest BCUT2D eigenvalue weighted by atomic mass is 16.4. The molecule has 0 aromatic heterocycles. The molecule has 0 bridgehead atoms. The minimum Gasteiger partial charge on any atom is -0.508 e. The summed E-state index contributed by atoms with van der Waals surface area (Å²) < 4.78 is 0. The summed E-state index contributed by atoms with van der Waals surface area (Å²) in [6.45, 7) is 2.31. The summed E-state index contributed by atoms with van der Waals surface area (Å²) in [4.78, 5) is 25.5. The van der Waals surface area contributed by atoms with E-state index in [1.165, 1.54) is 4.90 Å². The number of para-hydroxylation sites is 1. The molecule has 1 aromatic carbocycles. The van der Waals surface area contributed by atoms with Crippen molar-refractivity contribution in [3.05, 3.63) is 29.8 Å². The van der Waals surface area contributed by atoms with E-state index in [1.807, 2.05) is 13.0 Å². The van der Waals surface area contributed by atoms with Crippen LogP contribution in [0.1, 0.15) is 38.2 Å². The number of phenolic OH excluding ortho intramolecular Hbond substituents is 1. The zero-order valence-electron chi connectivity index (χ0n) is 12.2. The molecule has 114 valence electrons. The van der Waals surface area contributed by atoms with Gasteiger partial charge in [-0.1, -0.05) is 25.1 Å². The molecule has 1 heterocycles. The van der Waals surface area contributed by atoms with Crippen LogP contribution in [-0.2, 0) is 16.0 Å². The lowest BCUT2D eigenvalue weighted by Crippen LogP contribution is -2.52. The molecule has 0 saturated carbocycles. The van der Waals surface area contributed by atoms with Crippen LogP contribution in [0.4, 0.5) is 0 Å². The number of carboxylic acids is 1. The summed E-state index contributed by atoms with van der Waals surface area (Å²) in [5.74, 6) is -0.898. The average molecular weight is 291 g/mol. The zero-order valence-corrected chi connectivity index (χ0v) is 12.2. The van der Waals surface area contributed by atoms with E-state index in [-0.39, 0.29) is 18.1 Å². The number of carbonyl (C=O) groups excluding carboxylic acids is 1. The van der Waals surface area contributed by atoms with E-state index in [0.717, 1.165) is 6.42 Å². The maximum Gasteiger partial charge on any atom is 0.329 e. The fraction of sp³-hybridized carbons (Fsp3) is 0.500. The first kappa shape index (κ1) is 15.4. The van der Waals surface area contributed by atoms with Gasteiger partial charge in [-0.25, -0.2) is 4.79 Å². The number of aryl methyl sites for hydroxylation is 1. The van der Waals surface area contributed by atoms with Crippen LogP contribution in [-0.4, -0.2) is 39.1 Å². The van der Waals surface area contributed by atoms with Gasteiger partial charge in [0.15, 0.2) is 0 Å². The fourth-order valence-corrected chi connectivity index (χ4v) is 3.08. The number of carboxylic acid groups (broad SMARTS) is 1. The summed E-state index contributed by atoms with van der Waals surface area (Å²) in [7, 11) is 0. The highest BCUT2D eigenvalue weighted by molar-refractivity contribution is 5.87. The van der Waals surface area contributed by atoms with Crippen molar-refractivity contribution in [2.45, 2.75) is 44.6 Å². The molecule has 1 aliphatic heterocycles. The van der Waals surface area contributed by atoms with Gasteiger partial charge in [-0.15, -0.1) is 0 Å². The number of rotatable bonds is 5. The quantitative estimate of drug-likeness (QED) is 0.871. The number of phenols is 1. The Hall–Kier alpha value is -2.04. The molecule has 1 amide bonds. The minimum atomic E-state index is -1.05. The SMILES string of the molecule is CCC1(C(=O)O)CCCN1C(=O)CCc1ccccc1O. The first-order chi connectivity index (χ1) is 10.0. The van der Waals surface area contributed by atoms with E-state index in [2.05, 4.69) is 0 Å². The van der Waals surface area contributed by atoms with Crippen molar-refractivity contribution in [1.29, 1.82) is 0 Å². The lowest BCUT2D eigenvalue weighted by Gasteiger charge is -2.34. The Kier molecular flexibility index (Phi) is 4.50. The molecule has 2 N–H and O–H groups in total. The third kappa shape index (κ3) is 2.86. The van der Waals surface area contributed by atoms with E-state index < -0.39 is 11.5 Å². The van der Waals surface area contributed by atoms with Crippen molar-refractivity contribution in [3.63, 3.8) is 0 Å². The summed E-state index contributed by atoms with van der Waals surface area (Å²) in [6, 6.07) is 6.90. The molecule has 0 spiro atoms. The van der Waals surface area contributed by atoms with Gasteiger partial charge in [0.1, 0.15) is 11.3 Å². The Bertz CT molecular complexity index is 543. The van der Waals surface area contributed by atoms with Crippen molar-refractivity contribution in [2.24, 2.45) is 0 Å². The smallest absolute Gasteiger partial charge is 0.329 e. The van der Waals surface area contributed by atoms with E-state index in [4.69, 9.17) is 0 Å². The first-order valence-electron chi connectivity index (χ1n) is 7.32. The van der Waals surface area contributed by atoms with Gasteiger partial charge in [-0.3, -0.25) is 4.79 Å². The molecule has 0 radical (unpaired) electrons. The van der Waals surface area contributed by atoms with Crippen LogP contribution in [0.15, 0.2) is 24.3 Å². The van der Waals surface area contributed by atoms with Crippen LogP contribution in [0.3, 0.4) is 0 Å². The molecular weight excluding hydrogens is 270 g/mol. The highest BCUT2D eigenvalue weighted by Crippen LogP contribution is 2.33. The van der Waals surface area contributed by atoms with Gasteiger partial charge >= 0.3 is 5.97 Å². The molecule has 5 heteroatoms. The van der Waals surface area contributed by atoms with Crippen molar-refractivity contribution in [2.75, 3.05) is 6.54 Å². The zero-order chi connectivity index (χ0) is 15.5. The summed E-state index contributed by atoms with van der Waals surface area (Å²) in [5.41, 5.74) is -0.335. The number of aromatic hydroxyl groups is 1. The molecule has 21 heavy (non-hydrogen) atoms. The second-order valence-corrected chi connectivity index (χ2v) is 5.47. The van der Waals surface area contributed by atoms with Crippen molar-refractivity contribution < 1.29 is 19.8 Å². The largest absolute Gasteiger partial charge is 0.508 e. The van der Waals surface area contributed by atoms with Crippen molar-refractivity contribution >= 4 is 11.9 Å². The lowest BCUT2D eigenvalue weighted by atomic mass is 9.92. The van der Waals surface area contributed by atoms with Crippen molar-refractivity contribution in [3.8, 4) is 5.75 Å². The lowest BCUT2D eigenvalue weighted by molar-refractivity contribution is -0.156.